The van der Waals surface area contributed by atoms with Crippen LogP contribution in [0.3, 0.4) is 0 Å². The molecule has 0 aliphatic carbocycles. The van der Waals surface area contributed by atoms with Gasteiger partial charge in [0.2, 0.25) is 0 Å². The zero-order chi connectivity index (χ0) is 14.7. The third-order valence-electron chi connectivity index (χ3n) is 2.92. The Morgan fingerprint density at radius 3 is 2.85 bits per heavy atom. The van der Waals surface area contributed by atoms with Crippen LogP contribution in [0.15, 0.2) is 28.9 Å². The zero-order valence-corrected chi connectivity index (χ0v) is 12.8. The maximum Gasteiger partial charge on any atom is 0.251 e. The van der Waals surface area contributed by atoms with E-state index in [0.29, 0.717) is 23.7 Å². The molecule has 0 aliphatic heterocycles. The minimum absolute atomic E-state index is 0.184. The van der Waals surface area contributed by atoms with Crippen LogP contribution < -0.4 is 15.8 Å². The van der Waals surface area contributed by atoms with Crippen LogP contribution in [0.4, 0.5) is 5.82 Å². The fourth-order valence-corrected chi connectivity index (χ4v) is 2.25. The molecule has 6 nitrogen and oxygen atoms in total. The van der Waals surface area contributed by atoms with E-state index >= 15 is 0 Å². The summed E-state index contributed by atoms with van der Waals surface area (Å²) in [6, 6.07) is 5.14. The van der Waals surface area contributed by atoms with E-state index < -0.39 is 0 Å². The molecule has 1 heterocycles. The maximum absolute atomic E-state index is 12.0. The summed E-state index contributed by atoms with van der Waals surface area (Å²) in [5.74, 6) is 1.04. The van der Waals surface area contributed by atoms with Gasteiger partial charge in [0.15, 0.2) is 0 Å². The van der Waals surface area contributed by atoms with Crippen molar-refractivity contribution in [2.45, 2.75) is 6.54 Å². The highest BCUT2D eigenvalue weighted by atomic mass is 79.9. The third-order valence-corrected chi connectivity index (χ3v) is 3.54. The van der Waals surface area contributed by atoms with Crippen molar-refractivity contribution in [3.63, 3.8) is 0 Å². The van der Waals surface area contributed by atoms with Gasteiger partial charge >= 0.3 is 0 Å². The number of nitrogens with two attached hydrogens (primary N) is 1. The SMILES string of the molecule is COc1ccc(C(=O)NCc2cnn(C)c2N)cc1Br. The van der Waals surface area contributed by atoms with Crippen molar-refractivity contribution in [1.29, 1.82) is 0 Å². The Morgan fingerprint density at radius 2 is 2.30 bits per heavy atom. The van der Waals surface area contributed by atoms with Gasteiger partial charge in [0.1, 0.15) is 11.6 Å². The Balaban J connectivity index is 2.05. The van der Waals surface area contributed by atoms with E-state index in [2.05, 4.69) is 26.3 Å². The van der Waals surface area contributed by atoms with E-state index in [0.717, 1.165) is 10.0 Å². The first-order valence-corrected chi connectivity index (χ1v) is 6.70. The van der Waals surface area contributed by atoms with E-state index in [1.807, 2.05) is 0 Å². The molecule has 106 valence electrons. The van der Waals surface area contributed by atoms with Gasteiger partial charge < -0.3 is 15.8 Å². The minimum Gasteiger partial charge on any atom is -0.496 e. The van der Waals surface area contributed by atoms with Gasteiger partial charge in [-0.3, -0.25) is 9.48 Å². The second-order valence-corrected chi connectivity index (χ2v) is 5.06. The standard InChI is InChI=1S/C13H15BrN4O2/c1-18-12(15)9(7-17-18)6-16-13(19)8-3-4-11(20-2)10(14)5-8/h3-5,7H,6,15H2,1-2H3,(H,16,19). The maximum atomic E-state index is 12.0. The van der Waals surface area contributed by atoms with Crippen molar-refractivity contribution in [2.75, 3.05) is 12.8 Å². The number of ether oxygens (including phenoxy) is 1. The Bertz CT molecular complexity index is 639. The van der Waals surface area contributed by atoms with Crippen LogP contribution in [0.25, 0.3) is 0 Å². The average molecular weight is 339 g/mol. The average Bonchev–Trinajstić information content (AvgIpc) is 2.76. The van der Waals surface area contributed by atoms with Crippen molar-refractivity contribution in [2.24, 2.45) is 7.05 Å². The molecule has 7 heteroatoms. The van der Waals surface area contributed by atoms with Crippen molar-refractivity contribution in [3.8, 4) is 5.75 Å². The van der Waals surface area contributed by atoms with Gasteiger partial charge in [-0.15, -0.1) is 0 Å². The number of methoxy groups -OCH3 is 1. The monoisotopic (exact) mass is 338 g/mol. The molecular weight excluding hydrogens is 324 g/mol. The van der Waals surface area contributed by atoms with E-state index in [-0.39, 0.29) is 5.91 Å². The number of benzene rings is 1. The number of hydrogen-bond acceptors (Lipinski definition) is 4. The molecule has 0 unspecified atom stereocenters. The molecule has 0 fully saturated rings. The lowest BCUT2D eigenvalue weighted by molar-refractivity contribution is 0.0951. The second-order valence-electron chi connectivity index (χ2n) is 4.21. The lowest BCUT2D eigenvalue weighted by Crippen LogP contribution is -2.23. The topological polar surface area (TPSA) is 82.2 Å². The molecule has 0 radical (unpaired) electrons. The number of aryl methyl sites for hydroxylation is 1. The Kier molecular flexibility index (Phi) is 4.29. The molecule has 1 aromatic heterocycles. The molecule has 0 saturated carbocycles. The van der Waals surface area contributed by atoms with Crippen LogP contribution in [0.2, 0.25) is 0 Å². The largest absolute Gasteiger partial charge is 0.496 e. The van der Waals surface area contributed by atoms with Gasteiger partial charge in [0, 0.05) is 24.7 Å². The summed E-state index contributed by atoms with van der Waals surface area (Å²) in [6.45, 7) is 0.335. The Labute approximate surface area is 125 Å². The van der Waals surface area contributed by atoms with Gasteiger partial charge in [0.25, 0.3) is 5.91 Å². The fourth-order valence-electron chi connectivity index (χ4n) is 1.71. The van der Waals surface area contributed by atoms with Gasteiger partial charge in [-0.05, 0) is 34.1 Å². The fraction of sp³-hybridized carbons (Fsp3) is 0.231. The number of nitrogen functional groups attached to an aromatic ring is 1. The summed E-state index contributed by atoms with van der Waals surface area (Å²) in [4.78, 5) is 12.0. The molecule has 2 rings (SSSR count). The number of hydrogen-bond donors (Lipinski definition) is 2. The lowest BCUT2D eigenvalue weighted by Gasteiger charge is -2.07. The molecule has 0 aliphatic rings. The van der Waals surface area contributed by atoms with Gasteiger partial charge in [-0.25, -0.2) is 0 Å². The van der Waals surface area contributed by atoms with E-state index in [1.165, 1.54) is 0 Å². The molecule has 0 saturated heterocycles. The van der Waals surface area contributed by atoms with Crippen molar-refractivity contribution < 1.29 is 9.53 Å². The normalized spacial score (nSPS) is 10.3. The first-order valence-electron chi connectivity index (χ1n) is 5.91. The quantitative estimate of drug-likeness (QED) is 0.888. The Hall–Kier alpha value is -2.02. The van der Waals surface area contributed by atoms with Crippen LogP contribution in [-0.2, 0) is 13.6 Å². The summed E-state index contributed by atoms with van der Waals surface area (Å²) < 4.78 is 7.41. The van der Waals surface area contributed by atoms with E-state index in [9.17, 15) is 4.79 Å². The minimum atomic E-state index is -0.184. The van der Waals surface area contributed by atoms with Gasteiger partial charge in [0.05, 0.1) is 17.8 Å². The molecule has 20 heavy (non-hydrogen) atoms. The number of rotatable bonds is 4. The highest BCUT2D eigenvalue weighted by Crippen LogP contribution is 2.25. The molecular formula is C13H15BrN4O2. The number of carbonyl (C=O) groups is 1. The van der Waals surface area contributed by atoms with Gasteiger partial charge in [-0.2, -0.15) is 5.10 Å². The molecule has 1 aromatic carbocycles. The number of nitrogens with one attached hydrogen (secondary N) is 1. The van der Waals surface area contributed by atoms with Crippen LogP contribution in [-0.4, -0.2) is 22.8 Å². The highest BCUT2D eigenvalue weighted by Gasteiger charge is 2.10. The lowest BCUT2D eigenvalue weighted by atomic mass is 10.2. The number of nitrogens with zero attached hydrogens (tertiary/aromatic N) is 2. The molecule has 3 N–H and O–H groups in total. The van der Waals surface area contributed by atoms with Crippen LogP contribution in [0.5, 0.6) is 5.75 Å². The van der Waals surface area contributed by atoms with E-state index in [4.69, 9.17) is 10.5 Å². The molecule has 0 bridgehead atoms. The number of halogens is 1. The summed E-state index contributed by atoms with van der Waals surface area (Å²) in [5, 5.41) is 6.82. The summed E-state index contributed by atoms with van der Waals surface area (Å²) in [5.41, 5.74) is 7.14. The predicted molar refractivity (Wildman–Crippen MR) is 79.5 cm³/mol. The first-order chi connectivity index (χ1) is 9.52. The molecule has 0 atom stereocenters. The van der Waals surface area contributed by atoms with Crippen molar-refractivity contribution in [1.82, 2.24) is 15.1 Å². The van der Waals surface area contributed by atoms with E-state index in [1.54, 1.807) is 43.2 Å². The predicted octanol–water partition coefficient (Wildman–Crippen LogP) is 1.70. The summed E-state index contributed by atoms with van der Waals surface area (Å²) >= 11 is 3.35. The second kappa shape index (κ2) is 5.96. The zero-order valence-electron chi connectivity index (χ0n) is 11.2. The number of carbonyl (C=O) groups excluding carboxylic acids is 1. The number of anilines is 1. The van der Waals surface area contributed by atoms with Gasteiger partial charge in [-0.1, -0.05) is 0 Å². The smallest absolute Gasteiger partial charge is 0.251 e. The highest BCUT2D eigenvalue weighted by molar-refractivity contribution is 9.10. The molecule has 1 amide bonds. The van der Waals surface area contributed by atoms with Crippen molar-refractivity contribution in [3.05, 3.63) is 40.0 Å². The number of amides is 1. The van der Waals surface area contributed by atoms with Crippen LogP contribution >= 0.6 is 15.9 Å². The number of aromatic nitrogens is 2. The first kappa shape index (κ1) is 14.4. The summed E-state index contributed by atoms with van der Waals surface area (Å²) in [7, 11) is 3.33. The van der Waals surface area contributed by atoms with Crippen molar-refractivity contribution >= 4 is 27.7 Å². The third kappa shape index (κ3) is 2.93. The summed E-state index contributed by atoms with van der Waals surface area (Å²) in [6.07, 6.45) is 1.64. The molecule has 2 aromatic rings. The van der Waals surface area contributed by atoms with Crippen LogP contribution in [0, 0.1) is 0 Å². The molecule has 0 spiro atoms. The van der Waals surface area contributed by atoms with Crippen LogP contribution in [0.1, 0.15) is 15.9 Å². The Morgan fingerprint density at radius 1 is 1.55 bits per heavy atom.